The summed E-state index contributed by atoms with van der Waals surface area (Å²) >= 11 is 0. The Kier molecular flexibility index (Phi) is 5.34. The second kappa shape index (κ2) is 8.43. The lowest BCUT2D eigenvalue weighted by atomic mass is 10.0. The van der Waals surface area contributed by atoms with Crippen molar-refractivity contribution in [2.75, 3.05) is 32.7 Å². The highest BCUT2D eigenvalue weighted by Gasteiger charge is 2.27. The van der Waals surface area contributed by atoms with Gasteiger partial charge in [0.25, 0.3) is 5.91 Å². The average Bonchev–Trinajstić information content (AvgIpc) is 3.63. The van der Waals surface area contributed by atoms with Crippen LogP contribution < -0.4 is 5.32 Å². The molecule has 1 aromatic carbocycles. The maximum Gasteiger partial charge on any atom is 0.254 e. The van der Waals surface area contributed by atoms with Crippen LogP contribution in [0.3, 0.4) is 0 Å². The van der Waals surface area contributed by atoms with E-state index in [0.717, 1.165) is 35.0 Å². The van der Waals surface area contributed by atoms with E-state index in [-0.39, 0.29) is 11.8 Å². The van der Waals surface area contributed by atoms with Gasteiger partial charge in [-0.15, -0.1) is 0 Å². The first kappa shape index (κ1) is 19.6. The highest BCUT2D eigenvalue weighted by atomic mass is 16.2. The summed E-state index contributed by atoms with van der Waals surface area (Å²) in [6.45, 7) is 3.02. The summed E-state index contributed by atoms with van der Waals surface area (Å²) in [6.07, 6.45) is 5.64. The molecule has 0 spiro atoms. The minimum atomic E-state index is 0.0102. The van der Waals surface area contributed by atoms with Gasteiger partial charge in [-0.25, -0.2) is 4.98 Å². The van der Waals surface area contributed by atoms with Crippen LogP contribution in [0.25, 0.3) is 22.2 Å². The average molecular weight is 415 g/mol. The highest BCUT2D eigenvalue weighted by Crippen LogP contribution is 2.26. The van der Waals surface area contributed by atoms with Crippen molar-refractivity contribution in [3.05, 3.63) is 60.4 Å². The Balaban J connectivity index is 1.34. The molecule has 0 unspecified atom stereocenters. The third-order valence-electron chi connectivity index (χ3n) is 5.89. The summed E-state index contributed by atoms with van der Waals surface area (Å²) in [5.74, 6) is 0.0976. The monoisotopic (exact) mass is 415 g/mol. The third kappa shape index (κ3) is 4.41. The van der Waals surface area contributed by atoms with Crippen LogP contribution in [-0.2, 0) is 4.79 Å². The number of carbonyl (C=O) groups is 2. The van der Waals surface area contributed by atoms with Gasteiger partial charge in [0.2, 0.25) is 5.91 Å². The molecule has 158 valence electrons. The smallest absolute Gasteiger partial charge is 0.254 e. The predicted octanol–water partition coefficient (Wildman–Crippen LogP) is 2.33. The zero-order valence-electron chi connectivity index (χ0n) is 17.3. The quantitative estimate of drug-likeness (QED) is 0.692. The number of nitrogens with one attached hydrogen (secondary N) is 1. The molecule has 7 heteroatoms. The van der Waals surface area contributed by atoms with Crippen LogP contribution in [0.15, 0.2) is 54.9 Å². The predicted molar refractivity (Wildman–Crippen MR) is 118 cm³/mol. The van der Waals surface area contributed by atoms with Crippen molar-refractivity contribution in [1.82, 2.24) is 25.1 Å². The Morgan fingerprint density at radius 1 is 1.00 bits per heavy atom. The molecule has 5 rings (SSSR count). The van der Waals surface area contributed by atoms with Gasteiger partial charge in [-0.05, 0) is 37.1 Å². The lowest BCUT2D eigenvalue weighted by Gasteiger charge is -2.34. The number of carbonyl (C=O) groups excluding carboxylic acids is 2. The number of aromatic nitrogens is 2. The number of nitrogens with zero attached hydrogens (tertiary/aromatic N) is 4. The van der Waals surface area contributed by atoms with Crippen molar-refractivity contribution in [3.63, 3.8) is 0 Å². The minimum absolute atomic E-state index is 0.0102. The van der Waals surface area contributed by atoms with Gasteiger partial charge in [-0.2, -0.15) is 0 Å². The molecule has 3 aromatic rings. The minimum Gasteiger partial charge on any atom is -0.352 e. The van der Waals surface area contributed by atoms with E-state index in [1.807, 2.05) is 47.4 Å². The van der Waals surface area contributed by atoms with E-state index >= 15 is 0 Å². The molecule has 0 radical (unpaired) electrons. The van der Waals surface area contributed by atoms with E-state index in [1.165, 1.54) is 0 Å². The first-order valence-electron chi connectivity index (χ1n) is 10.8. The van der Waals surface area contributed by atoms with Crippen LogP contribution in [0, 0.1) is 0 Å². The fourth-order valence-electron chi connectivity index (χ4n) is 4.01. The molecule has 1 N–H and O–H groups in total. The zero-order valence-corrected chi connectivity index (χ0v) is 17.3. The van der Waals surface area contributed by atoms with Crippen LogP contribution in [0.1, 0.15) is 23.2 Å². The SMILES string of the molecule is O=C(CN1CCN(C(=O)c2cc(-c3ccncc3)nc3ccccc23)CC1)NC1CC1. The topological polar surface area (TPSA) is 78.4 Å². The summed E-state index contributed by atoms with van der Waals surface area (Å²) < 4.78 is 0. The maximum atomic E-state index is 13.5. The molecule has 2 amide bonds. The molecule has 1 saturated heterocycles. The highest BCUT2D eigenvalue weighted by molar-refractivity contribution is 6.07. The standard InChI is InChI=1S/C24H25N5O2/c30-23(26-18-5-6-18)16-28-11-13-29(14-12-28)24(31)20-15-22(17-7-9-25-10-8-17)27-21-4-2-1-3-19(20)21/h1-4,7-10,15,18H,5-6,11-14,16H2,(H,26,30). The van der Waals surface area contributed by atoms with Crippen molar-refractivity contribution in [2.45, 2.75) is 18.9 Å². The van der Waals surface area contributed by atoms with E-state index in [9.17, 15) is 9.59 Å². The van der Waals surface area contributed by atoms with E-state index < -0.39 is 0 Å². The Morgan fingerprint density at radius 3 is 2.48 bits per heavy atom. The number of hydrogen-bond donors (Lipinski definition) is 1. The first-order chi connectivity index (χ1) is 15.2. The van der Waals surface area contributed by atoms with Gasteiger partial charge in [-0.1, -0.05) is 18.2 Å². The molecule has 1 saturated carbocycles. The molecular weight excluding hydrogens is 390 g/mol. The third-order valence-corrected chi connectivity index (χ3v) is 5.89. The largest absolute Gasteiger partial charge is 0.352 e. The molecule has 3 heterocycles. The number of benzene rings is 1. The summed E-state index contributed by atoms with van der Waals surface area (Å²) in [4.78, 5) is 38.4. The number of para-hydroxylation sites is 1. The molecule has 7 nitrogen and oxygen atoms in total. The van der Waals surface area contributed by atoms with E-state index in [2.05, 4.69) is 15.2 Å². The van der Waals surface area contributed by atoms with Gasteiger partial charge in [-0.3, -0.25) is 19.5 Å². The molecule has 2 aromatic heterocycles. The van der Waals surface area contributed by atoms with Gasteiger partial charge < -0.3 is 10.2 Å². The first-order valence-corrected chi connectivity index (χ1v) is 10.8. The van der Waals surface area contributed by atoms with E-state index in [4.69, 9.17) is 4.98 Å². The summed E-state index contributed by atoms with van der Waals surface area (Å²) in [5, 5.41) is 3.89. The number of piperazine rings is 1. The molecule has 0 atom stereocenters. The number of hydrogen-bond acceptors (Lipinski definition) is 5. The second-order valence-electron chi connectivity index (χ2n) is 8.22. The molecule has 31 heavy (non-hydrogen) atoms. The zero-order chi connectivity index (χ0) is 21.2. The summed E-state index contributed by atoms with van der Waals surface area (Å²) in [7, 11) is 0. The number of rotatable bonds is 5. The fourth-order valence-corrected chi connectivity index (χ4v) is 4.01. The normalized spacial score (nSPS) is 17.0. The molecule has 2 fully saturated rings. The summed E-state index contributed by atoms with van der Waals surface area (Å²) in [5.41, 5.74) is 3.16. The van der Waals surface area contributed by atoms with Crippen molar-refractivity contribution < 1.29 is 9.59 Å². The second-order valence-corrected chi connectivity index (χ2v) is 8.22. The Morgan fingerprint density at radius 2 is 1.74 bits per heavy atom. The summed E-state index contributed by atoms with van der Waals surface area (Å²) in [6, 6.07) is 13.8. The van der Waals surface area contributed by atoms with Crippen LogP contribution in [0.2, 0.25) is 0 Å². The van der Waals surface area contributed by atoms with Gasteiger partial charge in [0, 0.05) is 55.6 Å². The molecular formula is C24H25N5O2. The fraction of sp³-hybridized carbons (Fsp3) is 0.333. The van der Waals surface area contributed by atoms with Gasteiger partial charge in [0.1, 0.15) is 0 Å². The van der Waals surface area contributed by atoms with Crippen LogP contribution in [0.4, 0.5) is 0 Å². The number of pyridine rings is 2. The van der Waals surface area contributed by atoms with Crippen LogP contribution in [-0.4, -0.2) is 70.3 Å². The number of amides is 2. The van der Waals surface area contributed by atoms with Gasteiger partial charge in [0.15, 0.2) is 0 Å². The Bertz CT molecular complexity index is 1110. The van der Waals surface area contributed by atoms with Crippen molar-refractivity contribution in [2.24, 2.45) is 0 Å². The van der Waals surface area contributed by atoms with Crippen molar-refractivity contribution >= 4 is 22.7 Å². The van der Waals surface area contributed by atoms with Crippen molar-refractivity contribution in [3.8, 4) is 11.3 Å². The van der Waals surface area contributed by atoms with Crippen LogP contribution >= 0.6 is 0 Å². The van der Waals surface area contributed by atoms with Crippen LogP contribution in [0.5, 0.6) is 0 Å². The maximum absolute atomic E-state index is 13.5. The number of fused-ring (bicyclic) bond motifs is 1. The molecule has 1 aliphatic carbocycles. The lowest BCUT2D eigenvalue weighted by Crippen LogP contribution is -2.51. The van der Waals surface area contributed by atoms with Gasteiger partial charge in [0.05, 0.1) is 23.3 Å². The molecule has 1 aliphatic heterocycles. The Labute approximate surface area is 181 Å². The molecule has 0 bridgehead atoms. The lowest BCUT2D eigenvalue weighted by molar-refractivity contribution is -0.122. The van der Waals surface area contributed by atoms with Gasteiger partial charge >= 0.3 is 0 Å². The Hall–Kier alpha value is -3.32. The van der Waals surface area contributed by atoms with E-state index in [0.29, 0.717) is 44.3 Å². The molecule has 2 aliphatic rings. The van der Waals surface area contributed by atoms with E-state index in [1.54, 1.807) is 12.4 Å². The van der Waals surface area contributed by atoms with Crippen molar-refractivity contribution in [1.29, 1.82) is 0 Å².